The first kappa shape index (κ1) is 17.1. The molecule has 138 valence electrons. The first-order chi connectivity index (χ1) is 12.3. The largest absolute Gasteiger partial charge is 0.487 e. The minimum atomic E-state index is -3.74. The van der Waals surface area contributed by atoms with Gasteiger partial charge in [-0.05, 0) is 50.5 Å². The van der Waals surface area contributed by atoms with E-state index in [1.807, 2.05) is 13.8 Å². The Balaban J connectivity index is 1.58. The van der Waals surface area contributed by atoms with Gasteiger partial charge in [-0.3, -0.25) is 9.71 Å². The first-order valence-electron chi connectivity index (χ1n) is 8.74. The van der Waals surface area contributed by atoms with Gasteiger partial charge in [0.25, 0.3) is 10.0 Å². The maximum absolute atomic E-state index is 12.8. The highest BCUT2D eigenvalue weighted by atomic mass is 32.2. The number of aromatic nitrogens is 2. The van der Waals surface area contributed by atoms with E-state index in [0.29, 0.717) is 12.2 Å². The number of nitrogens with zero attached hydrogens (tertiary/aromatic N) is 3. The zero-order valence-electron chi connectivity index (χ0n) is 14.9. The highest BCUT2D eigenvalue weighted by Gasteiger charge is 2.31. The molecule has 0 atom stereocenters. The summed E-state index contributed by atoms with van der Waals surface area (Å²) >= 11 is 0. The van der Waals surface area contributed by atoms with Crippen molar-refractivity contribution in [3.63, 3.8) is 0 Å². The molecule has 2 aliphatic heterocycles. The SMILES string of the molecule is CC1(C)Cc2cc(S(=O)(=O)Nc3cncc(N4CCCC4)n3)ccc2O1. The molecule has 0 radical (unpaired) electrons. The minimum Gasteiger partial charge on any atom is -0.487 e. The molecular formula is C18H22N4O3S. The molecule has 1 fully saturated rings. The van der Waals surface area contributed by atoms with Crippen molar-refractivity contribution in [1.29, 1.82) is 0 Å². The van der Waals surface area contributed by atoms with E-state index in [4.69, 9.17) is 4.74 Å². The molecule has 1 aromatic heterocycles. The average molecular weight is 374 g/mol. The number of anilines is 2. The van der Waals surface area contributed by atoms with E-state index in [2.05, 4.69) is 19.6 Å². The Morgan fingerprint density at radius 1 is 1.19 bits per heavy atom. The summed E-state index contributed by atoms with van der Waals surface area (Å²) in [4.78, 5) is 10.9. The van der Waals surface area contributed by atoms with Crippen LogP contribution in [-0.2, 0) is 16.4 Å². The highest BCUT2D eigenvalue weighted by Crippen LogP contribution is 2.36. The molecule has 3 heterocycles. The van der Waals surface area contributed by atoms with E-state index in [1.54, 1.807) is 24.4 Å². The molecule has 1 saturated heterocycles. The molecule has 4 rings (SSSR count). The van der Waals surface area contributed by atoms with Crippen LogP contribution in [0.1, 0.15) is 32.3 Å². The number of nitrogens with one attached hydrogen (secondary N) is 1. The quantitative estimate of drug-likeness (QED) is 0.885. The number of hydrogen-bond donors (Lipinski definition) is 1. The maximum Gasteiger partial charge on any atom is 0.263 e. The van der Waals surface area contributed by atoms with Crippen LogP contribution in [0.4, 0.5) is 11.6 Å². The smallest absolute Gasteiger partial charge is 0.263 e. The fourth-order valence-electron chi connectivity index (χ4n) is 3.45. The van der Waals surface area contributed by atoms with Crippen LogP contribution in [0, 0.1) is 0 Å². The maximum atomic E-state index is 12.8. The van der Waals surface area contributed by atoms with Gasteiger partial charge in [0.2, 0.25) is 0 Å². The Labute approximate surface area is 153 Å². The van der Waals surface area contributed by atoms with Gasteiger partial charge in [-0.1, -0.05) is 0 Å². The van der Waals surface area contributed by atoms with E-state index in [9.17, 15) is 8.42 Å². The predicted octanol–water partition coefficient (Wildman–Crippen LogP) is 2.59. The molecule has 0 bridgehead atoms. The van der Waals surface area contributed by atoms with Gasteiger partial charge in [-0.2, -0.15) is 0 Å². The van der Waals surface area contributed by atoms with Crippen LogP contribution >= 0.6 is 0 Å². The summed E-state index contributed by atoms with van der Waals surface area (Å²) in [6.07, 6.45) is 6.00. The summed E-state index contributed by atoms with van der Waals surface area (Å²) in [5.41, 5.74) is 0.586. The van der Waals surface area contributed by atoms with Crippen molar-refractivity contribution in [2.24, 2.45) is 0 Å². The lowest BCUT2D eigenvalue weighted by Gasteiger charge is -2.16. The second kappa shape index (κ2) is 6.12. The van der Waals surface area contributed by atoms with E-state index in [0.717, 1.165) is 37.2 Å². The molecule has 2 aromatic rings. The molecule has 1 aromatic carbocycles. The molecule has 0 unspecified atom stereocenters. The Kier molecular flexibility index (Phi) is 4.02. The third-order valence-corrected chi connectivity index (χ3v) is 5.99. The molecule has 8 heteroatoms. The Hall–Kier alpha value is -2.35. The van der Waals surface area contributed by atoms with Gasteiger partial charge in [0.1, 0.15) is 17.2 Å². The number of sulfonamides is 1. The second-order valence-electron chi connectivity index (χ2n) is 7.37. The normalized spacial score (nSPS) is 18.5. The van der Waals surface area contributed by atoms with Crippen molar-refractivity contribution < 1.29 is 13.2 Å². The number of ether oxygens (including phenoxy) is 1. The van der Waals surface area contributed by atoms with Crippen molar-refractivity contribution in [1.82, 2.24) is 9.97 Å². The van der Waals surface area contributed by atoms with Crippen molar-refractivity contribution in [2.75, 3.05) is 22.7 Å². The van der Waals surface area contributed by atoms with Crippen molar-refractivity contribution >= 4 is 21.7 Å². The lowest BCUT2D eigenvalue weighted by molar-refractivity contribution is 0.138. The van der Waals surface area contributed by atoms with Gasteiger partial charge < -0.3 is 9.64 Å². The lowest BCUT2D eigenvalue weighted by atomic mass is 10.0. The van der Waals surface area contributed by atoms with Gasteiger partial charge in [-0.15, -0.1) is 0 Å². The van der Waals surface area contributed by atoms with Gasteiger partial charge >= 0.3 is 0 Å². The minimum absolute atomic E-state index is 0.200. The van der Waals surface area contributed by atoms with Crippen molar-refractivity contribution in [3.05, 3.63) is 36.2 Å². The zero-order valence-corrected chi connectivity index (χ0v) is 15.7. The fourth-order valence-corrected chi connectivity index (χ4v) is 4.49. The van der Waals surface area contributed by atoms with Crippen LogP contribution in [0.5, 0.6) is 5.75 Å². The molecule has 0 aliphatic carbocycles. The van der Waals surface area contributed by atoms with Crippen LogP contribution in [0.3, 0.4) is 0 Å². The molecule has 7 nitrogen and oxygen atoms in total. The van der Waals surface area contributed by atoms with Gasteiger partial charge in [0.15, 0.2) is 5.82 Å². The van der Waals surface area contributed by atoms with E-state index in [-0.39, 0.29) is 16.3 Å². The van der Waals surface area contributed by atoms with Crippen LogP contribution < -0.4 is 14.4 Å². The molecule has 0 amide bonds. The molecule has 26 heavy (non-hydrogen) atoms. The second-order valence-corrected chi connectivity index (χ2v) is 9.05. The number of hydrogen-bond acceptors (Lipinski definition) is 6. The number of fused-ring (bicyclic) bond motifs is 1. The molecule has 1 N–H and O–H groups in total. The summed E-state index contributed by atoms with van der Waals surface area (Å²) in [6.45, 7) is 5.81. The third-order valence-electron chi connectivity index (χ3n) is 4.64. The Morgan fingerprint density at radius 2 is 1.96 bits per heavy atom. The predicted molar refractivity (Wildman–Crippen MR) is 99.1 cm³/mol. The van der Waals surface area contributed by atoms with Gasteiger partial charge in [0, 0.05) is 19.5 Å². The summed E-state index contributed by atoms with van der Waals surface area (Å²) in [5.74, 6) is 1.67. The van der Waals surface area contributed by atoms with Gasteiger partial charge in [0.05, 0.1) is 17.3 Å². The first-order valence-corrected chi connectivity index (χ1v) is 10.2. The highest BCUT2D eigenvalue weighted by molar-refractivity contribution is 7.92. The van der Waals surface area contributed by atoms with Crippen LogP contribution in [-0.4, -0.2) is 37.1 Å². The fraction of sp³-hybridized carbons (Fsp3) is 0.444. The Morgan fingerprint density at radius 3 is 2.73 bits per heavy atom. The topological polar surface area (TPSA) is 84.4 Å². The average Bonchev–Trinajstić information content (AvgIpc) is 3.19. The monoisotopic (exact) mass is 374 g/mol. The van der Waals surface area contributed by atoms with E-state index in [1.165, 1.54) is 6.20 Å². The summed E-state index contributed by atoms with van der Waals surface area (Å²) in [5, 5.41) is 0. The van der Waals surface area contributed by atoms with Gasteiger partial charge in [-0.25, -0.2) is 13.4 Å². The summed E-state index contributed by atoms with van der Waals surface area (Å²) in [6, 6.07) is 4.94. The van der Waals surface area contributed by atoms with Crippen molar-refractivity contribution in [2.45, 2.75) is 43.6 Å². The van der Waals surface area contributed by atoms with Crippen LogP contribution in [0.2, 0.25) is 0 Å². The molecule has 0 saturated carbocycles. The zero-order chi connectivity index (χ0) is 18.4. The third kappa shape index (κ3) is 3.33. The standard InChI is InChI=1S/C18H22N4O3S/c1-18(2)10-13-9-14(5-6-15(13)25-18)26(23,24)21-16-11-19-12-17(20-16)22-7-3-4-8-22/h5-6,9,11-12H,3-4,7-8,10H2,1-2H3,(H,20,21). The van der Waals surface area contributed by atoms with E-state index < -0.39 is 10.0 Å². The van der Waals surface area contributed by atoms with Crippen LogP contribution in [0.25, 0.3) is 0 Å². The van der Waals surface area contributed by atoms with Crippen LogP contribution in [0.15, 0.2) is 35.5 Å². The number of benzene rings is 1. The summed E-state index contributed by atoms with van der Waals surface area (Å²) in [7, 11) is -3.74. The molecular weight excluding hydrogens is 352 g/mol. The summed E-state index contributed by atoms with van der Waals surface area (Å²) < 4.78 is 33.9. The Bertz CT molecular complexity index is 937. The number of rotatable bonds is 4. The van der Waals surface area contributed by atoms with E-state index >= 15 is 0 Å². The molecule has 0 spiro atoms. The molecule has 2 aliphatic rings. The lowest BCUT2D eigenvalue weighted by Crippen LogP contribution is -2.24. The van der Waals surface area contributed by atoms with Crippen molar-refractivity contribution in [3.8, 4) is 5.75 Å².